The quantitative estimate of drug-likeness (QED) is 0.723. The zero-order valence-corrected chi connectivity index (χ0v) is 9.03. The average Bonchev–Trinajstić information content (AvgIpc) is 2.71. The number of hydrogen-bond donors (Lipinski definition) is 1. The van der Waals surface area contributed by atoms with Crippen molar-refractivity contribution in [2.24, 2.45) is 0 Å². The van der Waals surface area contributed by atoms with Gasteiger partial charge in [-0.1, -0.05) is 18.2 Å². The van der Waals surface area contributed by atoms with E-state index in [2.05, 4.69) is 5.32 Å². The van der Waals surface area contributed by atoms with E-state index >= 15 is 0 Å². The maximum absolute atomic E-state index is 14.8. The minimum atomic E-state index is -1.41. The second-order valence-corrected chi connectivity index (χ2v) is 4.42. The summed E-state index contributed by atoms with van der Waals surface area (Å²) >= 11 is 0. The Kier molecular flexibility index (Phi) is 1.79. The molecule has 0 bridgehead atoms. The smallest absolute Gasteiger partial charge is 0.221 e. The molecule has 2 aliphatic rings. The summed E-state index contributed by atoms with van der Waals surface area (Å²) in [6, 6.07) is 7.36. The number of nitrogens with one attached hydrogen (secondary N) is 1. The van der Waals surface area contributed by atoms with Crippen molar-refractivity contribution in [2.45, 2.75) is 25.2 Å². The normalized spacial score (nSPS) is 30.9. The van der Waals surface area contributed by atoms with Gasteiger partial charge < -0.3 is 10.2 Å². The number of hydrogen-bond acceptors (Lipinski definition) is 2. The highest BCUT2D eigenvalue weighted by Crippen LogP contribution is 2.49. The van der Waals surface area contributed by atoms with Crippen molar-refractivity contribution in [3.05, 3.63) is 29.8 Å². The van der Waals surface area contributed by atoms with Crippen molar-refractivity contribution >= 4 is 11.6 Å². The molecule has 0 saturated carbocycles. The van der Waals surface area contributed by atoms with Crippen LogP contribution in [0.15, 0.2) is 24.3 Å². The number of rotatable bonds is 0. The Morgan fingerprint density at radius 2 is 2.31 bits per heavy atom. The number of para-hydroxylation sites is 1. The number of amides is 1. The molecular formula is C12H13FN2O. The maximum atomic E-state index is 14.8. The van der Waals surface area contributed by atoms with E-state index in [-0.39, 0.29) is 5.91 Å². The number of fused-ring (bicyclic) bond motifs is 3. The lowest BCUT2D eigenvalue weighted by atomic mass is 9.95. The van der Waals surface area contributed by atoms with Crippen molar-refractivity contribution in [2.75, 3.05) is 11.9 Å². The van der Waals surface area contributed by atoms with Crippen molar-refractivity contribution in [1.29, 1.82) is 0 Å². The van der Waals surface area contributed by atoms with Gasteiger partial charge in [0.05, 0.1) is 0 Å². The SMILES string of the molecule is CC(=O)N1CCC2(F)c3ccccc3NC12. The molecular weight excluding hydrogens is 207 g/mol. The number of alkyl halides is 1. The van der Waals surface area contributed by atoms with Gasteiger partial charge in [0.15, 0.2) is 5.67 Å². The second-order valence-electron chi connectivity index (χ2n) is 4.42. The zero-order valence-electron chi connectivity index (χ0n) is 9.03. The van der Waals surface area contributed by atoms with Gasteiger partial charge in [0.2, 0.25) is 5.91 Å². The molecule has 1 fully saturated rings. The molecule has 2 unspecified atom stereocenters. The van der Waals surface area contributed by atoms with Crippen LogP contribution in [0.2, 0.25) is 0 Å². The Labute approximate surface area is 93.2 Å². The highest BCUT2D eigenvalue weighted by atomic mass is 19.1. The predicted molar refractivity (Wildman–Crippen MR) is 58.6 cm³/mol. The number of carbonyl (C=O) groups excluding carboxylic acids is 1. The molecule has 1 aromatic carbocycles. The third kappa shape index (κ3) is 1.04. The minimum absolute atomic E-state index is 0.0789. The lowest BCUT2D eigenvalue weighted by Gasteiger charge is -2.25. The molecule has 4 heteroatoms. The minimum Gasteiger partial charge on any atom is -0.362 e. The summed E-state index contributed by atoms with van der Waals surface area (Å²) in [6.07, 6.45) is -0.149. The molecule has 2 heterocycles. The van der Waals surface area contributed by atoms with Gasteiger partial charge in [0.25, 0.3) is 0 Å². The molecule has 0 aromatic heterocycles. The lowest BCUT2D eigenvalue weighted by Crippen LogP contribution is -2.43. The van der Waals surface area contributed by atoms with Crippen LogP contribution in [0.3, 0.4) is 0 Å². The Bertz CT molecular complexity index is 462. The number of likely N-dealkylation sites (tertiary alicyclic amines) is 1. The molecule has 2 aliphatic heterocycles. The largest absolute Gasteiger partial charge is 0.362 e. The van der Waals surface area contributed by atoms with E-state index < -0.39 is 11.8 Å². The van der Waals surface area contributed by atoms with E-state index in [0.717, 1.165) is 5.69 Å². The molecule has 0 aliphatic carbocycles. The Hall–Kier alpha value is -1.58. The molecule has 1 N–H and O–H groups in total. The topological polar surface area (TPSA) is 32.3 Å². The van der Waals surface area contributed by atoms with Crippen LogP contribution >= 0.6 is 0 Å². The third-order valence-corrected chi connectivity index (χ3v) is 3.53. The summed E-state index contributed by atoms with van der Waals surface area (Å²) < 4.78 is 14.8. The van der Waals surface area contributed by atoms with Crippen molar-refractivity contribution in [1.82, 2.24) is 4.90 Å². The summed E-state index contributed by atoms with van der Waals surface area (Å²) in [5.74, 6) is -0.0789. The summed E-state index contributed by atoms with van der Waals surface area (Å²) in [6.45, 7) is 1.97. The molecule has 3 nitrogen and oxygen atoms in total. The molecule has 0 spiro atoms. The number of anilines is 1. The standard InChI is InChI=1S/C12H13FN2O/c1-8(16)15-7-6-12(13)9-4-2-3-5-10(9)14-11(12)15/h2-5,11,14H,6-7H2,1H3. The van der Waals surface area contributed by atoms with Crippen LogP contribution in [0, 0.1) is 0 Å². The second kappa shape index (κ2) is 2.97. The highest BCUT2D eigenvalue weighted by molar-refractivity contribution is 5.76. The molecule has 1 amide bonds. The molecule has 0 radical (unpaired) electrons. The fourth-order valence-electron chi connectivity index (χ4n) is 2.73. The Morgan fingerprint density at radius 3 is 3.06 bits per heavy atom. The Morgan fingerprint density at radius 1 is 1.56 bits per heavy atom. The average molecular weight is 220 g/mol. The zero-order chi connectivity index (χ0) is 11.3. The van der Waals surface area contributed by atoms with Crippen LogP contribution in [0.5, 0.6) is 0 Å². The van der Waals surface area contributed by atoms with Crippen LogP contribution < -0.4 is 5.32 Å². The van der Waals surface area contributed by atoms with Gasteiger partial charge >= 0.3 is 0 Å². The van der Waals surface area contributed by atoms with Crippen LogP contribution in [-0.4, -0.2) is 23.5 Å². The lowest BCUT2D eigenvalue weighted by molar-refractivity contribution is -0.130. The molecule has 84 valence electrons. The first-order valence-corrected chi connectivity index (χ1v) is 5.45. The number of halogens is 1. The maximum Gasteiger partial charge on any atom is 0.221 e. The van der Waals surface area contributed by atoms with E-state index in [1.807, 2.05) is 18.2 Å². The van der Waals surface area contributed by atoms with Gasteiger partial charge in [-0.05, 0) is 6.07 Å². The van der Waals surface area contributed by atoms with Gasteiger partial charge in [-0.15, -0.1) is 0 Å². The summed E-state index contributed by atoms with van der Waals surface area (Å²) in [4.78, 5) is 13.0. The number of carbonyl (C=O) groups is 1. The predicted octanol–water partition coefficient (Wildman–Crippen LogP) is 1.86. The van der Waals surface area contributed by atoms with Crippen LogP contribution in [0.25, 0.3) is 0 Å². The van der Waals surface area contributed by atoms with Crippen molar-refractivity contribution in [3.8, 4) is 0 Å². The van der Waals surface area contributed by atoms with Gasteiger partial charge in [-0.25, -0.2) is 4.39 Å². The van der Waals surface area contributed by atoms with Gasteiger partial charge in [-0.3, -0.25) is 4.79 Å². The van der Waals surface area contributed by atoms with Crippen LogP contribution in [0.1, 0.15) is 18.9 Å². The van der Waals surface area contributed by atoms with Gasteiger partial charge in [-0.2, -0.15) is 0 Å². The Balaban J connectivity index is 2.06. The number of nitrogens with zero attached hydrogens (tertiary/aromatic N) is 1. The first kappa shape index (κ1) is 9.63. The molecule has 3 rings (SSSR count). The van der Waals surface area contributed by atoms with Gasteiger partial charge in [0.1, 0.15) is 6.17 Å². The highest BCUT2D eigenvalue weighted by Gasteiger charge is 2.55. The van der Waals surface area contributed by atoms with E-state index in [9.17, 15) is 9.18 Å². The molecule has 1 aromatic rings. The van der Waals surface area contributed by atoms with E-state index in [1.54, 1.807) is 11.0 Å². The van der Waals surface area contributed by atoms with Gasteiger partial charge in [0, 0.05) is 31.1 Å². The van der Waals surface area contributed by atoms with Crippen molar-refractivity contribution < 1.29 is 9.18 Å². The van der Waals surface area contributed by atoms with E-state index in [1.165, 1.54) is 6.92 Å². The molecule has 2 atom stereocenters. The van der Waals surface area contributed by atoms with E-state index in [4.69, 9.17) is 0 Å². The summed E-state index contributed by atoms with van der Waals surface area (Å²) in [5.41, 5.74) is 0.0760. The van der Waals surface area contributed by atoms with E-state index in [0.29, 0.717) is 18.5 Å². The third-order valence-electron chi connectivity index (χ3n) is 3.53. The number of benzene rings is 1. The van der Waals surface area contributed by atoms with Crippen LogP contribution in [-0.2, 0) is 10.5 Å². The van der Waals surface area contributed by atoms with Crippen molar-refractivity contribution in [3.63, 3.8) is 0 Å². The fourth-order valence-corrected chi connectivity index (χ4v) is 2.73. The molecule has 16 heavy (non-hydrogen) atoms. The molecule has 1 saturated heterocycles. The fraction of sp³-hybridized carbons (Fsp3) is 0.417. The summed E-state index contributed by atoms with van der Waals surface area (Å²) in [5, 5.41) is 3.10. The van der Waals surface area contributed by atoms with Crippen LogP contribution in [0.4, 0.5) is 10.1 Å². The first-order valence-electron chi connectivity index (χ1n) is 5.45. The first-order chi connectivity index (χ1) is 7.63. The summed E-state index contributed by atoms with van der Waals surface area (Å²) in [7, 11) is 0. The monoisotopic (exact) mass is 220 g/mol.